The van der Waals surface area contributed by atoms with Gasteiger partial charge in [0, 0.05) is 32.3 Å². The van der Waals surface area contributed by atoms with E-state index < -0.39 is 64.5 Å². The first-order chi connectivity index (χ1) is 40.8. The molecule has 5 aromatic rings. The van der Waals surface area contributed by atoms with Crippen molar-refractivity contribution >= 4 is 82.2 Å². The van der Waals surface area contributed by atoms with Crippen molar-refractivity contribution in [2.24, 2.45) is 0 Å². The van der Waals surface area contributed by atoms with E-state index in [0.29, 0.717) is 29.5 Å². The normalized spacial score (nSPS) is 10.5. The van der Waals surface area contributed by atoms with Crippen LogP contribution in [-0.4, -0.2) is 171 Å². The molecule has 1 atom stereocenters. The molecule has 0 saturated heterocycles. The summed E-state index contributed by atoms with van der Waals surface area (Å²) in [6.07, 6.45) is 1.97. The Labute approximate surface area is 497 Å². The van der Waals surface area contributed by atoms with Crippen LogP contribution in [0, 0.1) is 0 Å². The predicted octanol–water partition coefficient (Wildman–Crippen LogP) is 6.03. The second kappa shape index (κ2) is 42.4. The van der Waals surface area contributed by atoms with E-state index >= 15 is 0 Å². The first kappa shape index (κ1) is 72.6. The Balaban J connectivity index is 0.000000548. The first-order valence-electron chi connectivity index (χ1n) is 25.6. The minimum atomic E-state index is -1.04. The van der Waals surface area contributed by atoms with E-state index in [0.717, 1.165) is 12.8 Å². The molecule has 0 bridgehead atoms. The lowest BCUT2D eigenvalue weighted by molar-refractivity contribution is -0.138. The zero-order valence-electron chi connectivity index (χ0n) is 46.2. The lowest BCUT2D eigenvalue weighted by Gasteiger charge is -2.08. The van der Waals surface area contributed by atoms with Crippen LogP contribution in [0.1, 0.15) is 136 Å². The number of hydrogen-bond donors (Lipinski definition) is 5. The van der Waals surface area contributed by atoms with Gasteiger partial charge >= 0.3 is 53.7 Å². The second-order valence-corrected chi connectivity index (χ2v) is 17.4. The minimum absolute atomic E-state index is 0.0280. The van der Waals surface area contributed by atoms with E-state index in [9.17, 15) is 47.9 Å². The highest BCUT2D eigenvalue weighted by molar-refractivity contribution is 6.67. The largest absolute Gasteiger partial charge is 0.465 e. The number of benzene rings is 5. The molecule has 24 nitrogen and oxygen atoms in total. The number of alkyl halides is 1. The van der Waals surface area contributed by atoms with Crippen molar-refractivity contribution in [3.05, 3.63) is 177 Å². The van der Waals surface area contributed by atoms with Crippen molar-refractivity contribution < 1.29 is 116 Å². The Kier molecular flexibility index (Phi) is 36.2. The number of carbonyl (C=O) groups is 10. The molecule has 0 aliphatic rings. The van der Waals surface area contributed by atoms with Crippen LogP contribution in [0.15, 0.2) is 121 Å². The Bertz CT molecular complexity index is 2830. The Hall–Kier alpha value is -8.46. The van der Waals surface area contributed by atoms with E-state index in [1.165, 1.54) is 123 Å². The van der Waals surface area contributed by atoms with Crippen LogP contribution in [-0.2, 0) is 47.4 Å². The Morgan fingerprint density at radius 1 is 0.365 bits per heavy atom. The van der Waals surface area contributed by atoms with Crippen LogP contribution in [0.25, 0.3) is 0 Å². The molecule has 5 rings (SSSR count). The van der Waals surface area contributed by atoms with Gasteiger partial charge in [0.05, 0.1) is 78.0 Å². The Morgan fingerprint density at radius 2 is 0.659 bits per heavy atom. The number of unbranched alkanes of at least 4 members (excludes halogenated alkanes) is 2. The molecule has 1 unspecified atom stereocenters. The number of carbonyl (C=O) groups excluding carboxylic acids is 10. The average molecular weight is 1230 g/mol. The zero-order valence-corrected chi connectivity index (χ0v) is 47.7. The third-order valence-corrected chi connectivity index (χ3v) is 11.0. The van der Waals surface area contributed by atoms with Gasteiger partial charge in [0.25, 0.3) is 5.24 Å². The second-order valence-electron chi connectivity index (χ2n) is 16.7. The molecule has 0 aliphatic carbocycles. The number of methoxy groups -OCH3 is 2. The Morgan fingerprint density at radius 3 is 0.953 bits per heavy atom. The highest BCUT2D eigenvalue weighted by Crippen LogP contribution is 2.18. The highest BCUT2D eigenvalue weighted by atomic mass is 35.5. The van der Waals surface area contributed by atoms with E-state index in [2.05, 4.69) is 4.74 Å². The molecule has 5 N–H and O–H groups in total. The number of aliphatic hydroxyl groups excluding tert-OH is 5. The number of ether oxygens (including phenoxy) is 9. The smallest absolute Gasteiger partial charge is 0.345 e. The molecular weight excluding hydrogens is 1160 g/mol. The van der Waals surface area contributed by atoms with Gasteiger partial charge < -0.3 is 68.2 Å². The van der Waals surface area contributed by atoms with E-state index in [1.54, 1.807) is 12.1 Å². The van der Waals surface area contributed by atoms with Crippen LogP contribution in [0.4, 0.5) is 0 Å². The molecule has 85 heavy (non-hydrogen) atoms. The van der Waals surface area contributed by atoms with Gasteiger partial charge in [-0.05, 0) is 152 Å². The molecule has 0 fully saturated rings. The summed E-state index contributed by atoms with van der Waals surface area (Å²) in [7, 11) is 2.73. The fraction of sp³-hybridized carbons (Fsp3) is 0.322. The SMILES string of the molecule is COCCOC(=O)c1ccc(C(=O)OCCOC(=O)c2ccc(C(=O)OC(=O)CCCCOC(=O)c3ccc(C(=O)OC)cc3)cc2)cc1.O=C(Cl)c1ccc(C(O)Cl)cc1.O=C(OCCO)c1ccc(C(=O)OCCO)cc1.OCCCCO. The predicted molar refractivity (Wildman–Crippen MR) is 300 cm³/mol. The third kappa shape index (κ3) is 29.1. The van der Waals surface area contributed by atoms with Gasteiger partial charge in [-0.2, -0.15) is 0 Å². The van der Waals surface area contributed by atoms with Crippen LogP contribution >= 0.6 is 23.2 Å². The summed E-state index contributed by atoms with van der Waals surface area (Å²) in [6, 6.07) is 28.4. The van der Waals surface area contributed by atoms with Gasteiger partial charge in [0.1, 0.15) is 33.0 Å². The molecule has 5 aromatic carbocycles. The first-order valence-corrected chi connectivity index (χ1v) is 26.5. The maximum Gasteiger partial charge on any atom is 0.345 e. The standard InChI is InChI=1S/C35H34O14.C12H14O6.C8H6Cl2O2.C4H10O2/c1-43-19-20-46-32(39)25-10-12-26(13-11-25)33(40)47-21-22-48-34(41)27-14-16-28(17-15-27)35(42)49-29(36)5-3-4-18-45-31(38)24-8-6-23(7-9-24)30(37)44-2;13-5-7-17-11(15)9-1-2-10(4-3-9)12(16)18-8-6-14;9-7(11)5-1-2-6(4-3-5)8(10)12;5-3-1-2-4-6/h6-17H,3-5,18-22H2,1-2H3;1-4,13-14H,5-8H2;1-4,7,11H;5-6H,1-4H2. The van der Waals surface area contributed by atoms with Crippen LogP contribution < -0.4 is 0 Å². The van der Waals surface area contributed by atoms with E-state index in [-0.39, 0.29) is 118 Å². The topological polar surface area (TPSA) is 355 Å². The lowest BCUT2D eigenvalue weighted by atomic mass is 10.1. The summed E-state index contributed by atoms with van der Waals surface area (Å²) in [5.74, 6) is -5.92. The van der Waals surface area contributed by atoms with E-state index in [4.69, 9.17) is 86.6 Å². The van der Waals surface area contributed by atoms with Crippen molar-refractivity contribution in [1.82, 2.24) is 0 Å². The molecule has 0 heterocycles. The third-order valence-electron chi connectivity index (χ3n) is 10.5. The quantitative estimate of drug-likeness (QED) is 0.00952. The van der Waals surface area contributed by atoms with Crippen molar-refractivity contribution in [3.63, 3.8) is 0 Å². The van der Waals surface area contributed by atoms with Gasteiger partial charge in [-0.3, -0.25) is 9.59 Å². The summed E-state index contributed by atoms with van der Waals surface area (Å²) in [4.78, 5) is 118. The van der Waals surface area contributed by atoms with Gasteiger partial charge in [0.2, 0.25) is 0 Å². The molecule has 0 aliphatic heterocycles. The average Bonchev–Trinajstić information content (AvgIpc) is 3.54. The maximum atomic E-state index is 12.3. The fourth-order valence-corrected chi connectivity index (χ4v) is 6.37. The van der Waals surface area contributed by atoms with Crippen LogP contribution in [0.3, 0.4) is 0 Å². The molecule has 0 amide bonds. The lowest BCUT2D eigenvalue weighted by Crippen LogP contribution is -2.15. The van der Waals surface area contributed by atoms with Gasteiger partial charge in [-0.25, -0.2) is 38.4 Å². The highest BCUT2D eigenvalue weighted by Gasteiger charge is 2.17. The maximum absolute atomic E-state index is 12.3. The number of esters is 9. The van der Waals surface area contributed by atoms with Crippen LogP contribution in [0.5, 0.6) is 0 Å². The molecular formula is C59H64Cl2O24. The van der Waals surface area contributed by atoms with Gasteiger partial charge in [-0.15, -0.1) is 0 Å². The summed E-state index contributed by atoms with van der Waals surface area (Å²) in [5.41, 5.74) is 1.56. The molecule has 0 spiro atoms. The van der Waals surface area contributed by atoms with Crippen molar-refractivity contribution in [2.45, 2.75) is 37.7 Å². The van der Waals surface area contributed by atoms with Gasteiger partial charge in [-0.1, -0.05) is 23.7 Å². The van der Waals surface area contributed by atoms with E-state index in [1.807, 2.05) is 0 Å². The molecule has 0 aromatic heterocycles. The number of hydrogen-bond acceptors (Lipinski definition) is 24. The molecule has 0 saturated carbocycles. The summed E-state index contributed by atoms with van der Waals surface area (Å²) in [5, 5.41) is 41.6. The molecule has 458 valence electrons. The van der Waals surface area contributed by atoms with Crippen molar-refractivity contribution in [2.75, 3.05) is 86.9 Å². The summed E-state index contributed by atoms with van der Waals surface area (Å²) >= 11 is 10.6. The minimum Gasteiger partial charge on any atom is -0.465 e. The number of rotatable bonds is 28. The van der Waals surface area contributed by atoms with Gasteiger partial charge in [0.15, 0.2) is 5.56 Å². The monoisotopic (exact) mass is 1230 g/mol. The van der Waals surface area contributed by atoms with Crippen LogP contribution in [0.2, 0.25) is 0 Å². The number of aliphatic hydroxyl groups is 5. The fourth-order valence-electron chi connectivity index (χ4n) is 6.10. The molecule has 26 heteroatoms. The zero-order chi connectivity index (χ0) is 62.9. The molecule has 0 radical (unpaired) electrons. The summed E-state index contributed by atoms with van der Waals surface area (Å²) < 4.78 is 44.0. The van der Waals surface area contributed by atoms with Crippen molar-refractivity contribution in [1.29, 1.82) is 0 Å². The van der Waals surface area contributed by atoms with Crippen molar-refractivity contribution in [3.8, 4) is 0 Å². The summed E-state index contributed by atoms with van der Waals surface area (Å²) in [6.45, 7) is -0.309. The number of halogens is 2.